The van der Waals surface area contributed by atoms with Crippen molar-refractivity contribution in [3.8, 4) is 5.75 Å². The maximum absolute atomic E-state index is 13.3. The van der Waals surface area contributed by atoms with Crippen LogP contribution < -0.4 is 15.0 Å². The van der Waals surface area contributed by atoms with Crippen LogP contribution in [0.15, 0.2) is 70.1 Å². The third-order valence-electron chi connectivity index (χ3n) is 5.29. The van der Waals surface area contributed by atoms with E-state index in [1.807, 2.05) is 30.3 Å². The van der Waals surface area contributed by atoms with Crippen LogP contribution in [0.5, 0.6) is 5.75 Å². The summed E-state index contributed by atoms with van der Waals surface area (Å²) in [6.07, 6.45) is 5.58. The number of carbonyl (C=O) groups excluding carboxylic acids is 2. The van der Waals surface area contributed by atoms with Gasteiger partial charge in [0.2, 0.25) is 0 Å². The largest absolute Gasteiger partial charge is 0.497 e. The predicted molar refractivity (Wildman–Crippen MR) is 115 cm³/mol. The minimum absolute atomic E-state index is 0.234. The molecule has 2 aromatic carbocycles. The fourth-order valence-corrected chi connectivity index (χ4v) is 4.71. The molecule has 0 atom stereocenters. The minimum atomic E-state index is -0.288. The second kappa shape index (κ2) is 8.74. The molecule has 0 saturated heterocycles. The molecule has 5 nitrogen and oxygen atoms in total. The Bertz CT molecular complexity index is 919. The van der Waals surface area contributed by atoms with Crippen LogP contribution in [-0.4, -0.2) is 25.0 Å². The highest BCUT2D eigenvalue weighted by molar-refractivity contribution is 8.04. The molecule has 150 valence electrons. The lowest BCUT2D eigenvalue weighted by Gasteiger charge is -2.24. The maximum Gasteiger partial charge on any atom is 0.282 e. The van der Waals surface area contributed by atoms with Gasteiger partial charge in [0.1, 0.15) is 16.4 Å². The van der Waals surface area contributed by atoms with Crippen LogP contribution in [-0.2, 0) is 9.59 Å². The van der Waals surface area contributed by atoms with Crippen molar-refractivity contribution < 1.29 is 14.3 Å². The number of thioether (sulfide) groups is 1. The summed E-state index contributed by atoms with van der Waals surface area (Å²) in [5, 5.41) is 3.41. The Morgan fingerprint density at radius 1 is 0.931 bits per heavy atom. The second-order valence-electron chi connectivity index (χ2n) is 7.24. The van der Waals surface area contributed by atoms with Crippen molar-refractivity contribution in [1.82, 2.24) is 5.32 Å². The van der Waals surface area contributed by atoms with E-state index in [0.29, 0.717) is 22.0 Å². The topological polar surface area (TPSA) is 58.6 Å². The van der Waals surface area contributed by atoms with E-state index >= 15 is 0 Å². The van der Waals surface area contributed by atoms with Crippen LogP contribution in [0.4, 0.5) is 5.69 Å². The first kappa shape index (κ1) is 19.6. The highest BCUT2D eigenvalue weighted by Crippen LogP contribution is 2.37. The van der Waals surface area contributed by atoms with E-state index in [1.54, 1.807) is 31.4 Å². The molecule has 29 heavy (non-hydrogen) atoms. The van der Waals surface area contributed by atoms with Crippen molar-refractivity contribution in [3.63, 3.8) is 0 Å². The molecule has 0 radical (unpaired) electrons. The Morgan fingerprint density at radius 2 is 1.62 bits per heavy atom. The van der Waals surface area contributed by atoms with E-state index in [-0.39, 0.29) is 17.9 Å². The van der Waals surface area contributed by atoms with Crippen molar-refractivity contribution in [3.05, 3.63) is 65.2 Å². The SMILES string of the molecule is COc1ccc(N2C(=O)C(NC3CCCCC3)=C(Sc3ccccc3)C2=O)cc1. The summed E-state index contributed by atoms with van der Waals surface area (Å²) < 4.78 is 5.19. The number of nitrogens with zero attached hydrogens (tertiary/aromatic N) is 1. The predicted octanol–water partition coefficient (Wildman–Crippen LogP) is 4.49. The van der Waals surface area contributed by atoms with Crippen LogP contribution >= 0.6 is 11.8 Å². The van der Waals surface area contributed by atoms with Gasteiger partial charge in [0, 0.05) is 10.9 Å². The average Bonchev–Trinajstić information content (AvgIpc) is 2.99. The summed E-state index contributed by atoms with van der Waals surface area (Å²) in [7, 11) is 1.59. The molecule has 1 aliphatic heterocycles. The summed E-state index contributed by atoms with van der Waals surface area (Å²) in [5.41, 5.74) is 0.971. The van der Waals surface area contributed by atoms with Crippen LogP contribution in [0.1, 0.15) is 32.1 Å². The van der Waals surface area contributed by atoms with Crippen molar-refractivity contribution in [2.75, 3.05) is 12.0 Å². The molecular weight excluding hydrogens is 384 g/mol. The monoisotopic (exact) mass is 408 g/mol. The molecule has 2 aliphatic rings. The Hall–Kier alpha value is -2.73. The zero-order chi connectivity index (χ0) is 20.2. The van der Waals surface area contributed by atoms with Crippen molar-refractivity contribution >= 4 is 29.3 Å². The lowest BCUT2D eigenvalue weighted by Crippen LogP contribution is -2.37. The zero-order valence-electron chi connectivity index (χ0n) is 16.4. The van der Waals surface area contributed by atoms with Gasteiger partial charge in [-0.15, -0.1) is 0 Å². The van der Waals surface area contributed by atoms with Gasteiger partial charge in [0.15, 0.2) is 0 Å². The van der Waals surface area contributed by atoms with Crippen molar-refractivity contribution in [1.29, 1.82) is 0 Å². The van der Waals surface area contributed by atoms with Crippen LogP contribution in [0.3, 0.4) is 0 Å². The molecule has 2 amide bonds. The molecule has 1 N–H and O–H groups in total. The van der Waals surface area contributed by atoms with Gasteiger partial charge in [-0.2, -0.15) is 0 Å². The van der Waals surface area contributed by atoms with Gasteiger partial charge in [0.25, 0.3) is 11.8 Å². The molecule has 6 heteroatoms. The van der Waals surface area contributed by atoms with Gasteiger partial charge in [0.05, 0.1) is 12.8 Å². The molecule has 4 rings (SSSR count). The Balaban J connectivity index is 1.66. The van der Waals surface area contributed by atoms with Gasteiger partial charge < -0.3 is 10.1 Å². The summed E-state index contributed by atoms with van der Waals surface area (Å²) in [6.45, 7) is 0. The summed E-state index contributed by atoms with van der Waals surface area (Å²) in [5.74, 6) is 0.108. The summed E-state index contributed by atoms with van der Waals surface area (Å²) in [4.78, 5) is 29.2. The highest BCUT2D eigenvalue weighted by Gasteiger charge is 2.40. The standard InChI is InChI=1S/C23H24N2O3S/c1-28-18-14-12-17(13-15-18)25-22(26)20(24-16-8-4-2-5-9-16)21(23(25)27)29-19-10-6-3-7-11-19/h3,6-7,10-16,24H,2,4-5,8-9H2,1H3. The third kappa shape index (κ3) is 4.17. The number of benzene rings is 2. The van der Waals surface area contributed by atoms with Crippen LogP contribution in [0.2, 0.25) is 0 Å². The average molecular weight is 409 g/mol. The number of hydrogen-bond donors (Lipinski definition) is 1. The third-order valence-corrected chi connectivity index (χ3v) is 6.38. The molecule has 1 heterocycles. The summed E-state index contributed by atoms with van der Waals surface area (Å²) in [6, 6.07) is 16.9. The minimum Gasteiger partial charge on any atom is -0.497 e. The normalized spacial score (nSPS) is 17.8. The van der Waals surface area contributed by atoms with Gasteiger partial charge in [-0.25, -0.2) is 4.90 Å². The van der Waals surface area contributed by atoms with Gasteiger partial charge in [-0.05, 0) is 49.2 Å². The first-order valence-electron chi connectivity index (χ1n) is 9.94. The molecule has 0 spiro atoms. The van der Waals surface area contributed by atoms with Crippen LogP contribution in [0.25, 0.3) is 0 Å². The number of amides is 2. The number of rotatable bonds is 6. The van der Waals surface area contributed by atoms with Gasteiger partial charge in [-0.1, -0.05) is 49.2 Å². The van der Waals surface area contributed by atoms with E-state index in [1.165, 1.54) is 23.1 Å². The Kier molecular flexibility index (Phi) is 5.90. The molecule has 1 aliphatic carbocycles. The van der Waals surface area contributed by atoms with Crippen LogP contribution in [0, 0.1) is 0 Å². The number of methoxy groups -OCH3 is 1. The lowest BCUT2D eigenvalue weighted by atomic mass is 9.95. The molecule has 0 aromatic heterocycles. The second-order valence-corrected chi connectivity index (χ2v) is 8.33. The van der Waals surface area contributed by atoms with E-state index in [2.05, 4.69) is 5.32 Å². The Morgan fingerprint density at radius 3 is 2.28 bits per heavy atom. The first-order chi connectivity index (χ1) is 14.2. The highest BCUT2D eigenvalue weighted by atomic mass is 32.2. The lowest BCUT2D eigenvalue weighted by molar-refractivity contribution is -0.120. The summed E-state index contributed by atoms with van der Waals surface area (Å²) >= 11 is 1.35. The fraction of sp³-hybridized carbons (Fsp3) is 0.304. The molecule has 1 fully saturated rings. The van der Waals surface area contributed by atoms with E-state index < -0.39 is 0 Å². The molecule has 2 aromatic rings. The smallest absolute Gasteiger partial charge is 0.282 e. The number of carbonyl (C=O) groups is 2. The zero-order valence-corrected chi connectivity index (χ0v) is 17.2. The maximum atomic E-state index is 13.3. The quantitative estimate of drug-likeness (QED) is 0.714. The molecule has 1 saturated carbocycles. The molecule has 0 bridgehead atoms. The van der Waals surface area contributed by atoms with Crippen molar-refractivity contribution in [2.45, 2.75) is 43.0 Å². The Labute approximate surface area is 175 Å². The molecular formula is C23H24N2O3S. The number of anilines is 1. The molecule has 0 unspecified atom stereocenters. The first-order valence-corrected chi connectivity index (χ1v) is 10.8. The number of hydrogen-bond acceptors (Lipinski definition) is 5. The number of nitrogens with one attached hydrogen (secondary N) is 1. The fourth-order valence-electron chi connectivity index (χ4n) is 3.75. The van der Waals surface area contributed by atoms with E-state index in [9.17, 15) is 9.59 Å². The number of ether oxygens (including phenoxy) is 1. The van der Waals surface area contributed by atoms with E-state index in [4.69, 9.17) is 4.74 Å². The van der Waals surface area contributed by atoms with E-state index in [0.717, 1.165) is 30.6 Å². The van der Waals surface area contributed by atoms with Gasteiger partial charge in [-0.3, -0.25) is 9.59 Å². The van der Waals surface area contributed by atoms with Crippen molar-refractivity contribution in [2.24, 2.45) is 0 Å². The van der Waals surface area contributed by atoms with Gasteiger partial charge >= 0.3 is 0 Å². The number of imide groups is 1.